The minimum Gasteiger partial charge on any atom is -0.0653 e. The molecule has 15 heavy (non-hydrogen) atoms. The van der Waals surface area contributed by atoms with Crippen molar-refractivity contribution < 1.29 is 0 Å². The fraction of sp³-hybridized carbons (Fsp3) is 0.467. The molecular formula is C15H20. The van der Waals surface area contributed by atoms with Crippen molar-refractivity contribution in [2.75, 3.05) is 0 Å². The smallest absolute Gasteiger partial charge is 0.0165 e. The second-order valence-corrected chi connectivity index (χ2v) is 4.60. The Bertz CT molecular complexity index is 387. The minimum atomic E-state index is 0.339. The van der Waals surface area contributed by atoms with E-state index >= 15 is 0 Å². The maximum absolute atomic E-state index is 2.37. The zero-order valence-electron chi connectivity index (χ0n) is 10.0. The lowest BCUT2D eigenvalue weighted by Gasteiger charge is -2.31. The molecule has 0 aromatic heterocycles. The SMILES string of the molecule is CCCC1(CC)C(C)=Cc2ccccc21. The van der Waals surface area contributed by atoms with E-state index in [0.717, 1.165) is 0 Å². The van der Waals surface area contributed by atoms with Gasteiger partial charge in [-0.15, -0.1) is 0 Å². The highest BCUT2D eigenvalue weighted by Crippen LogP contribution is 2.46. The van der Waals surface area contributed by atoms with E-state index in [1.165, 1.54) is 24.8 Å². The van der Waals surface area contributed by atoms with Crippen molar-refractivity contribution >= 4 is 6.08 Å². The Labute approximate surface area is 93.0 Å². The summed E-state index contributed by atoms with van der Waals surface area (Å²) >= 11 is 0. The third-order valence-corrected chi connectivity index (χ3v) is 3.88. The molecule has 1 atom stereocenters. The summed E-state index contributed by atoms with van der Waals surface area (Å²) in [5.74, 6) is 0. The third kappa shape index (κ3) is 1.43. The summed E-state index contributed by atoms with van der Waals surface area (Å²) < 4.78 is 0. The molecular weight excluding hydrogens is 180 g/mol. The molecule has 0 nitrogen and oxygen atoms in total. The van der Waals surface area contributed by atoms with E-state index in [4.69, 9.17) is 0 Å². The highest BCUT2D eigenvalue weighted by atomic mass is 14.4. The number of allylic oxidation sites excluding steroid dienone is 1. The maximum Gasteiger partial charge on any atom is 0.0165 e. The highest BCUT2D eigenvalue weighted by Gasteiger charge is 2.36. The van der Waals surface area contributed by atoms with Gasteiger partial charge < -0.3 is 0 Å². The topological polar surface area (TPSA) is 0 Å². The molecule has 1 unspecified atom stereocenters. The van der Waals surface area contributed by atoms with Crippen molar-refractivity contribution in [3.63, 3.8) is 0 Å². The van der Waals surface area contributed by atoms with Gasteiger partial charge in [0.05, 0.1) is 0 Å². The first-order valence-electron chi connectivity index (χ1n) is 6.03. The van der Waals surface area contributed by atoms with Gasteiger partial charge in [0.15, 0.2) is 0 Å². The molecule has 1 aromatic rings. The van der Waals surface area contributed by atoms with Crippen LogP contribution in [0.4, 0.5) is 0 Å². The average molecular weight is 200 g/mol. The normalized spacial score (nSPS) is 23.8. The van der Waals surface area contributed by atoms with Gasteiger partial charge in [0, 0.05) is 5.41 Å². The average Bonchev–Trinajstić information content (AvgIpc) is 2.53. The molecule has 0 amide bonds. The van der Waals surface area contributed by atoms with Crippen LogP contribution in [-0.4, -0.2) is 0 Å². The van der Waals surface area contributed by atoms with Crippen molar-refractivity contribution in [3.05, 3.63) is 41.0 Å². The summed E-state index contributed by atoms with van der Waals surface area (Å²) in [5.41, 5.74) is 4.87. The third-order valence-electron chi connectivity index (χ3n) is 3.88. The van der Waals surface area contributed by atoms with Gasteiger partial charge in [0.1, 0.15) is 0 Å². The summed E-state index contributed by atoms with van der Waals surface area (Å²) in [6, 6.07) is 8.86. The highest BCUT2D eigenvalue weighted by molar-refractivity contribution is 5.68. The lowest BCUT2D eigenvalue weighted by molar-refractivity contribution is 0.449. The largest absolute Gasteiger partial charge is 0.0653 e. The Morgan fingerprint density at radius 2 is 1.87 bits per heavy atom. The Kier molecular flexibility index (Phi) is 2.68. The molecule has 1 aliphatic carbocycles. The van der Waals surface area contributed by atoms with Crippen LogP contribution in [0.1, 0.15) is 51.2 Å². The second-order valence-electron chi connectivity index (χ2n) is 4.60. The van der Waals surface area contributed by atoms with Crippen molar-refractivity contribution in [3.8, 4) is 0 Å². The van der Waals surface area contributed by atoms with E-state index in [1.54, 1.807) is 11.1 Å². The van der Waals surface area contributed by atoms with Gasteiger partial charge in [-0.2, -0.15) is 0 Å². The molecule has 0 fully saturated rings. The van der Waals surface area contributed by atoms with Crippen molar-refractivity contribution in [2.24, 2.45) is 0 Å². The lowest BCUT2D eigenvalue weighted by Crippen LogP contribution is -2.24. The molecule has 0 saturated carbocycles. The molecule has 0 aliphatic heterocycles. The molecule has 0 spiro atoms. The van der Waals surface area contributed by atoms with E-state index in [2.05, 4.69) is 51.1 Å². The van der Waals surface area contributed by atoms with Gasteiger partial charge in [0.25, 0.3) is 0 Å². The van der Waals surface area contributed by atoms with Crippen LogP contribution in [0, 0.1) is 0 Å². The van der Waals surface area contributed by atoms with Crippen molar-refractivity contribution in [1.82, 2.24) is 0 Å². The van der Waals surface area contributed by atoms with Gasteiger partial charge in [-0.05, 0) is 30.9 Å². The van der Waals surface area contributed by atoms with Gasteiger partial charge in [-0.3, -0.25) is 0 Å². The standard InChI is InChI=1S/C15H20/c1-4-10-15(5-2)12(3)11-13-8-6-7-9-14(13)15/h6-9,11H,4-5,10H2,1-3H3. The molecule has 0 radical (unpaired) electrons. The predicted molar refractivity (Wildman–Crippen MR) is 67.0 cm³/mol. The molecule has 0 N–H and O–H groups in total. The molecule has 1 aromatic carbocycles. The second kappa shape index (κ2) is 3.84. The Hall–Kier alpha value is -1.04. The monoisotopic (exact) mass is 200 g/mol. The van der Waals surface area contributed by atoms with E-state index in [1.807, 2.05) is 0 Å². The number of rotatable bonds is 3. The molecule has 1 aliphatic rings. The molecule has 0 heterocycles. The van der Waals surface area contributed by atoms with Gasteiger partial charge >= 0.3 is 0 Å². The van der Waals surface area contributed by atoms with Crippen LogP contribution in [0.15, 0.2) is 29.8 Å². The summed E-state index contributed by atoms with van der Waals surface area (Å²) in [6.07, 6.45) is 6.13. The zero-order valence-corrected chi connectivity index (χ0v) is 10.0. The van der Waals surface area contributed by atoms with Crippen LogP contribution < -0.4 is 0 Å². The molecule has 2 rings (SSSR count). The van der Waals surface area contributed by atoms with Crippen LogP contribution in [0.3, 0.4) is 0 Å². The number of hydrogen-bond acceptors (Lipinski definition) is 0. The number of fused-ring (bicyclic) bond motifs is 1. The van der Waals surface area contributed by atoms with E-state index in [9.17, 15) is 0 Å². The Morgan fingerprint density at radius 3 is 2.53 bits per heavy atom. The minimum absolute atomic E-state index is 0.339. The quantitative estimate of drug-likeness (QED) is 0.671. The summed E-state index contributed by atoms with van der Waals surface area (Å²) in [4.78, 5) is 0. The lowest BCUT2D eigenvalue weighted by atomic mass is 9.72. The van der Waals surface area contributed by atoms with Gasteiger partial charge in [-0.25, -0.2) is 0 Å². The van der Waals surface area contributed by atoms with Crippen LogP contribution in [0.25, 0.3) is 6.08 Å². The summed E-state index contributed by atoms with van der Waals surface area (Å²) in [5, 5.41) is 0. The fourth-order valence-corrected chi connectivity index (χ4v) is 3.05. The van der Waals surface area contributed by atoms with E-state index < -0.39 is 0 Å². The predicted octanol–water partition coefficient (Wildman–Crippen LogP) is 4.55. The van der Waals surface area contributed by atoms with Crippen molar-refractivity contribution in [1.29, 1.82) is 0 Å². The molecule has 0 saturated heterocycles. The van der Waals surface area contributed by atoms with Crippen LogP contribution in [0.5, 0.6) is 0 Å². The van der Waals surface area contributed by atoms with Crippen LogP contribution in [-0.2, 0) is 5.41 Å². The first kappa shape index (κ1) is 10.5. The molecule has 80 valence electrons. The fourth-order valence-electron chi connectivity index (χ4n) is 3.05. The van der Waals surface area contributed by atoms with Crippen LogP contribution >= 0.6 is 0 Å². The van der Waals surface area contributed by atoms with Crippen molar-refractivity contribution in [2.45, 2.75) is 45.4 Å². The van der Waals surface area contributed by atoms with E-state index in [0.29, 0.717) is 5.41 Å². The maximum atomic E-state index is 2.37. The van der Waals surface area contributed by atoms with Gasteiger partial charge in [-0.1, -0.05) is 56.2 Å². The molecule has 0 bridgehead atoms. The Balaban J connectivity index is 2.53. The van der Waals surface area contributed by atoms with Gasteiger partial charge in [0.2, 0.25) is 0 Å². The van der Waals surface area contributed by atoms with Crippen LogP contribution in [0.2, 0.25) is 0 Å². The molecule has 0 heteroatoms. The number of hydrogen-bond donors (Lipinski definition) is 0. The summed E-state index contributed by atoms with van der Waals surface area (Å²) in [7, 11) is 0. The Morgan fingerprint density at radius 1 is 1.13 bits per heavy atom. The number of benzene rings is 1. The summed E-state index contributed by atoms with van der Waals surface area (Å²) in [6.45, 7) is 6.89. The zero-order chi connectivity index (χ0) is 10.9. The first-order chi connectivity index (χ1) is 7.24. The first-order valence-corrected chi connectivity index (χ1v) is 6.03. The van der Waals surface area contributed by atoms with E-state index in [-0.39, 0.29) is 0 Å².